The molecule has 0 unspecified atom stereocenters. The maximum absolute atomic E-state index is 12.9. The van der Waals surface area contributed by atoms with Crippen LogP contribution in [0, 0.1) is 13.8 Å². The van der Waals surface area contributed by atoms with Crippen molar-refractivity contribution in [2.75, 3.05) is 13.1 Å². The van der Waals surface area contributed by atoms with E-state index in [0.29, 0.717) is 37.4 Å². The van der Waals surface area contributed by atoms with Crippen LogP contribution in [0.25, 0.3) is 11.0 Å². The average Bonchev–Trinajstić information content (AvgIpc) is 3.13. The van der Waals surface area contributed by atoms with Crippen LogP contribution in [0.1, 0.15) is 30.3 Å². The number of rotatable bonds is 3. The number of benzene rings is 1. The molecule has 1 N–H and O–H groups in total. The summed E-state index contributed by atoms with van der Waals surface area (Å²) in [5, 5.41) is 3.75. The minimum atomic E-state index is -3.64. The summed E-state index contributed by atoms with van der Waals surface area (Å²) in [4.78, 5) is 15.4. The Labute approximate surface area is 150 Å². The second-order valence-corrected chi connectivity index (χ2v) is 8.48. The first-order chi connectivity index (χ1) is 12.4. The van der Waals surface area contributed by atoms with Crippen molar-refractivity contribution in [1.29, 1.82) is 0 Å². The minimum Gasteiger partial charge on any atom is -0.360 e. The van der Waals surface area contributed by atoms with E-state index in [1.165, 1.54) is 4.31 Å². The van der Waals surface area contributed by atoms with Crippen LogP contribution in [0.5, 0.6) is 0 Å². The third-order valence-corrected chi connectivity index (χ3v) is 7.12. The number of aryl methyl sites for hydroxylation is 2. The van der Waals surface area contributed by atoms with Crippen molar-refractivity contribution in [2.24, 2.45) is 0 Å². The van der Waals surface area contributed by atoms with Crippen LogP contribution in [-0.4, -0.2) is 40.5 Å². The predicted molar refractivity (Wildman–Crippen MR) is 95.6 cm³/mol. The molecule has 1 aliphatic heterocycles. The highest BCUT2D eigenvalue weighted by Crippen LogP contribution is 2.30. The maximum atomic E-state index is 12.9. The van der Waals surface area contributed by atoms with Gasteiger partial charge >= 0.3 is 5.69 Å². The van der Waals surface area contributed by atoms with Gasteiger partial charge in [-0.15, -0.1) is 0 Å². The Hall–Kier alpha value is -2.39. The molecule has 1 fully saturated rings. The van der Waals surface area contributed by atoms with E-state index in [4.69, 9.17) is 4.52 Å². The van der Waals surface area contributed by atoms with Crippen molar-refractivity contribution in [3.63, 3.8) is 0 Å². The van der Waals surface area contributed by atoms with E-state index in [1.807, 2.05) is 24.3 Å². The highest BCUT2D eigenvalue weighted by molar-refractivity contribution is 7.89. The van der Waals surface area contributed by atoms with Crippen molar-refractivity contribution in [2.45, 2.75) is 37.6 Å². The lowest BCUT2D eigenvalue weighted by molar-refractivity contribution is 0.274. The molecule has 26 heavy (non-hydrogen) atoms. The molecule has 0 amide bonds. The lowest BCUT2D eigenvalue weighted by Gasteiger charge is -2.31. The lowest BCUT2D eigenvalue weighted by atomic mass is 10.1. The number of para-hydroxylation sites is 2. The first kappa shape index (κ1) is 17.0. The number of hydrogen-bond donors (Lipinski definition) is 1. The van der Waals surface area contributed by atoms with Gasteiger partial charge < -0.3 is 9.51 Å². The molecule has 1 saturated heterocycles. The molecule has 1 aromatic carbocycles. The van der Waals surface area contributed by atoms with Crippen molar-refractivity contribution >= 4 is 21.1 Å². The molecule has 3 heterocycles. The summed E-state index contributed by atoms with van der Waals surface area (Å²) in [6.07, 6.45) is 1.15. The third-order valence-electron chi connectivity index (χ3n) is 4.98. The van der Waals surface area contributed by atoms with Crippen LogP contribution < -0.4 is 5.69 Å². The first-order valence-electron chi connectivity index (χ1n) is 8.52. The third kappa shape index (κ3) is 2.58. The van der Waals surface area contributed by atoms with E-state index < -0.39 is 10.0 Å². The molecule has 0 spiro atoms. The van der Waals surface area contributed by atoms with Gasteiger partial charge in [-0.2, -0.15) is 4.31 Å². The number of aromatic nitrogens is 3. The van der Waals surface area contributed by atoms with Crippen LogP contribution in [0.15, 0.2) is 38.5 Å². The molecular formula is C17H20N4O4S. The number of fused-ring (bicyclic) bond motifs is 1. The van der Waals surface area contributed by atoms with E-state index in [1.54, 1.807) is 18.4 Å². The largest absolute Gasteiger partial charge is 0.360 e. The lowest BCUT2D eigenvalue weighted by Crippen LogP contribution is -2.40. The minimum absolute atomic E-state index is 0.0326. The van der Waals surface area contributed by atoms with Gasteiger partial charge in [0, 0.05) is 19.1 Å². The van der Waals surface area contributed by atoms with Gasteiger partial charge in [0.05, 0.1) is 11.0 Å². The van der Waals surface area contributed by atoms with Gasteiger partial charge in [-0.05, 0) is 38.8 Å². The van der Waals surface area contributed by atoms with Crippen LogP contribution in [0.2, 0.25) is 0 Å². The second-order valence-electron chi connectivity index (χ2n) is 6.61. The zero-order valence-corrected chi connectivity index (χ0v) is 15.4. The van der Waals surface area contributed by atoms with Gasteiger partial charge in [0.1, 0.15) is 10.6 Å². The summed E-state index contributed by atoms with van der Waals surface area (Å²) in [5.41, 5.74) is 1.86. The van der Waals surface area contributed by atoms with E-state index in [-0.39, 0.29) is 16.6 Å². The molecular weight excluding hydrogens is 356 g/mol. The van der Waals surface area contributed by atoms with E-state index >= 15 is 0 Å². The summed E-state index contributed by atoms with van der Waals surface area (Å²) in [6.45, 7) is 3.93. The molecule has 0 bridgehead atoms. The highest BCUT2D eigenvalue weighted by atomic mass is 32.2. The number of nitrogens with zero attached hydrogens (tertiary/aromatic N) is 3. The molecule has 9 heteroatoms. The molecule has 1 aliphatic rings. The van der Waals surface area contributed by atoms with Gasteiger partial charge in [-0.1, -0.05) is 17.3 Å². The topological polar surface area (TPSA) is 101 Å². The van der Waals surface area contributed by atoms with Crippen LogP contribution >= 0.6 is 0 Å². The van der Waals surface area contributed by atoms with Gasteiger partial charge in [0.25, 0.3) is 0 Å². The summed E-state index contributed by atoms with van der Waals surface area (Å²) < 4.78 is 34.0. The quantitative estimate of drug-likeness (QED) is 0.753. The maximum Gasteiger partial charge on any atom is 0.326 e. The summed E-state index contributed by atoms with van der Waals surface area (Å²) >= 11 is 0. The number of hydrogen-bond acceptors (Lipinski definition) is 5. The Morgan fingerprint density at radius 3 is 2.54 bits per heavy atom. The zero-order valence-electron chi connectivity index (χ0n) is 14.6. The number of aromatic amines is 1. The molecule has 3 aromatic rings. The Balaban J connectivity index is 1.60. The molecule has 4 rings (SSSR count). The molecule has 0 aliphatic carbocycles. The normalized spacial score (nSPS) is 17.2. The molecule has 0 saturated carbocycles. The number of H-pyrrole nitrogens is 1. The monoisotopic (exact) mass is 376 g/mol. The summed E-state index contributed by atoms with van der Waals surface area (Å²) in [7, 11) is -3.64. The second kappa shape index (κ2) is 6.10. The van der Waals surface area contributed by atoms with Gasteiger partial charge in [0.15, 0.2) is 5.76 Å². The van der Waals surface area contributed by atoms with Crippen molar-refractivity contribution < 1.29 is 12.9 Å². The summed E-state index contributed by atoms with van der Waals surface area (Å²) in [6, 6.07) is 7.50. The average molecular weight is 376 g/mol. The number of sulfonamides is 1. The van der Waals surface area contributed by atoms with Crippen molar-refractivity contribution in [3.8, 4) is 0 Å². The smallest absolute Gasteiger partial charge is 0.326 e. The van der Waals surface area contributed by atoms with Crippen LogP contribution in [-0.2, 0) is 10.0 Å². The highest BCUT2D eigenvalue weighted by Gasteiger charge is 2.34. The van der Waals surface area contributed by atoms with E-state index in [9.17, 15) is 13.2 Å². The molecule has 8 nitrogen and oxygen atoms in total. The number of piperidine rings is 1. The molecule has 2 aromatic heterocycles. The fourth-order valence-corrected chi connectivity index (χ4v) is 5.51. The Bertz CT molecular complexity index is 1100. The van der Waals surface area contributed by atoms with Crippen molar-refractivity contribution in [3.05, 3.63) is 46.2 Å². The van der Waals surface area contributed by atoms with Gasteiger partial charge in [0.2, 0.25) is 10.0 Å². The summed E-state index contributed by atoms with van der Waals surface area (Å²) in [5.74, 6) is 0.303. The fraction of sp³-hybridized carbons (Fsp3) is 0.412. The Morgan fingerprint density at radius 2 is 1.88 bits per heavy atom. The van der Waals surface area contributed by atoms with Crippen LogP contribution in [0.3, 0.4) is 0 Å². The Morgan fingerprint density at radius 1 is 1.19 bits per heavy atom. The van der Waals surface area contributed by atoms with Gasteiger partial charge in [-0.3, -0.25) is 4.57 Å². The van der Waals surface area contributed by atoms with E-state index in [2.05, 4.69) is 10.1 Å². The molecule has 0 radical (unpaired) electrons. The number of imidazole rings is 1. The predicted octanol–water partition coefficient (Wildman–Crippen LogP) is 1.96. The first-order valence-corrected chi connectivity index (χ1v) is 9.96. The SMILES string of the molecule is Cc1noc(C)c1S(=O)(=O)N1CCC(n2c(=O)[nH]c3ccccc32)CC1. The number of nitrogens with one attached hydrogen (secondary N) is 1. The standard InChI is InChI=1S/C17H20N4O4S/c1-11-16(12(2)25-19-11)26(23,24)20-9-7-13(8-10-20)21-15-6-4-3-5-14(15)18-17(21)22/h3-6,13H,7-10H2,1-2H3,(H,18,22). The van der Waals surface area contributed by atoms with E-state index in [0.717, 1.165) is 11.0 Å². The Kier molecular flexibility index (Phi) is 4.00. The fourth-order valence-electron chi connectivity index (χ4n) is 3.75. The van der Waals surface area contributed by atoms with Crippen molar-refractivity contribution in [1.82, 2.24) is 19.0 Å². The van der Waals surface area contributed by atoms with Crippen LogP contribution in [0.4, 0.5) is 0 Å². The molecule has 138 valence electrons. The zero-order chi connectivity index (χ0) is 18.5. The van der Waals surface area contributed by atoms with Gasteiger partial charge in [-0.25, -0.2) is 13.2 Å². The molecule has 0 atom stereocenters.